The largest absolute Gasteiger partial charge is 0.441 e. The lowest BCUT2D eigenvalue weighted by molar-refractivity contribution is -0.137. The molecule has 0 radical (unpaired) electrons. The fourth-order valence-corrected chi connectivity index (χ4v) is 1.91. The number of hydrogen-bond donors (Lipinski definition) is 0. The molecule has 2 aromatic rings. The lowest BCUT2D eigenvalue weighted by atomic mass is 10.1. The number of alkyl halides is 3. The zero-order chi connectivity index (χ0) is 17.2. The molecule has 120 valence electrons. The summed E-state index contributed by atoms with van der Waals surface area (Å²) in [5.74, 6) is -0.444. The molecule has 0 unspecified atom stereocenters. The lowest BCUT2D eigenvalue weighted by Crippen LogP contribution is -2.27. The Bertz CT molecular complexity index is 775. The molecule has 0 saturated carbocycles. The van der Waals surface area contributed by atoms with E-state index >= 15 is 0 Å². The molecule has 23 heavy (non-hydrogen) atoms. The molecule has 0 spiro atoms. The van der Waals surface area contributed by atoms with Gasteiger partial charge in [-0.3, -0.25) is 4.79 Å². The Morgan fingerprint density at radius 1 is 1.43 bits per heavy atom. The number of aryl methyl sites for hydroxylation is 1. The third-order valence-corrected chi connectivity index (χ3v) is 3.09. The first-order valence-corrected chi connectivity index (χ1v) is 6.51. The molecular formula is C15H12F3N3O2. The topological polar surface area (TPSA) is 70.1 Å². The number of aromatic nitrogens is 1. The van der Waals surface area contributed by atoms with Gasteiger partial charge < -0.3 is 9.32 Å². The number of benzene rings is 1. The number of nitriles is 1. The number of halogens is 3. The molecule has 1 aromatic heterocycles. The maximum absolute atomic E-state index is 12.7. The van der Waals surface area contributed by atoms with Gasteiger partial charge in [0.1, 0.15) is 12.3 Å². The minimum Gasteiger partial charge on any atom is -0.441 e. The van der Waals surface area contributed by atoms with Gasteiger partial charge in [-0.15, -0.1) is 0 Å². The fourth-order valence-electron chi connectivity index (χ4n) is 1.91. The summed E-state index contributed by atoms with van der Waals surface area (Å²) < 4.78 is 43.5. The maximum atomic E-state index is 12.7. The van der Waals surface area contributed by atoms with Crippen molar-refractivity contribution in [2.45, 2.75) is 13.1 Å². The number of amides is 1. The summed E-state index contributed by atoms with van der Waals surface area (Å²) in [6.45, 7) is 1.35. The first-order valence-electron chi connectivity index (χ1n) is 6.51. The van der Waals surface area contributed by atoms with Crippen LogP contribution in [0.25, 0.3) is 11.5 Å². The smallest absolute Gasteiger partial charge is 0.416 e. The third-order valence-electron chi connectivity index (χ3n) is 3.09. The van der Waals surface area contributed by atoms with E-state index in [1.807, 2.05) is 6.07 Å². The number of rotatable bonds is 3. The second-order valence-electron chi connectivity index (χ2n) is 4.82. The number of nitrogens with zero attached hydrogens (tertiary/aromatic N) is 3. The van der Waals surface area contributed by atoms with Gasteiger partial charge in [-0.1, -0.05) is 6.07 Å². The van der Waals surface area contributed by atoms with Crippen LogP contribution in [0.2, 0.25) is 0 Å². The summed E-state index contributed by atoms with van der Waals surface area (Å²) in [5, 5.41) is 8.60. The van der Waals surface area contributed by atoms with Crippen molar-refractivity contribution in [2.75, 3.05) is 13.6 Å². The average molecular weight is 323 g/mol. The highest BCUT2D eigenvalue weighted by Crippen LogP contribution is 2.32. The molecule has 0 bridgehead atoms. The van der Waals surface area contributed by atoms with Crippen LogP contribution < -0.4 is 0 Å². The molecular weight excluding hydrogens is 311 g/mol. The zero-order valence-electron chi connectivity index (χ0n) is 12.3. The molecule has 1 aromatic carbocycles. The van der Waals surface area contributed by atoms with Crippen molar-refractivity contribution >= 4 is 5.91 Å². The summed E-state index contributed by atoms with van der Waals surface area (Å²) in [6, 6.07) is 6.31. The Labute approximate surface area is 130 Å². The molecule has 8 heteroatoms. The minimum absolute atomic E-state index is 0.0323. The highest BCUT2D eigenvalue weighted by atomic mass is 19.4. The molecule has 0 aliphatic heterocycles. The van der Waals surface area contributed by atoms with Crippen molar-refractivity contribution < 1.29 is 22.4 Å². The van der Waals surface area contributed by atoms with Crippen LogP contribution in [0.5, 0.6) is 0 Å². The number of carbonyl (C=O) groups is 1. The van der Waals surface area contributed by atoms with Crippen LogP contribution >= 0.6 is 0 Å². The average Bonchev–Trinajstić information content (AvgIpc) is 2.88. The van der Waals surface area contributed by atoms with Crippen LogP contribution in [0.1, 0.15) is 21.8 Å². The van der Waals surface area contributed by atoms with Gasteiger partial charge in [0.05, 0.1) is 11.6 Å². The number of oxazole rings is 1. The molecule has 0 fully saturated rings. The molecule has 5 nitrogen and oxygen atoms in total. The van der Waals surface area contributed by atoms with E-state index in [2.05, 4.69) is 4.98 Å². The maximum Gasteiger partial charge on any atom is 0.416 e. The Balaban J connectivity index is 2.39. The van der Waals surface area contributed by atoms with Gasteiger partial charge in [-0.05, 0) is 25.1 Å². The SMILES string of the molecule is Cc1oc(-c2cccc(C(F)(F)F)c2)nc1C(=O)N(C)CC#N. The highest BCUT2D eigenvalue weighted by molar-refractivity contribution is 5.93. The van der Waals surface area contributed by atoms with Gasteiger partial charge in [0.2, 0.25) is 5.89 Å². The van der Waals surface area contributed by atoms with Crippen molar-refractivity contribution in [1.29, 1.82) is 5.26 Å². The molecule has 1 amide bonds. The molecule has 1 heterocycles. The van der Waals surface area contributed by atoms with Gasteiger partial charge in [0.15, 0.2) is 5.69 Å². The molecule has 2 rings (SSSR count). The van der Waals surface area contributed by atoms with Crippen LogP contribution in [0, 0.1) is 18.3 Å². The molecule has 0 atom stereocenters. The summed E-state index contributed by atoms with van der Waals surface area (Å²) in [6.07, 6.45) is -4.48. The van der Waals surface area contributed by atoms with E-state index in [9.17, 15) is 18.0 Å². The summed E-state index contributed by atoms with van der Waals surface area (Å²) in [4.78, 5) is 17.2. The van der Waals surface area contributed by atoms with Crippen molar-refractivity contribution in [3.63, 3.8) is 0 Å². The predicted octanol–water partition coefficient (Wildman–Crippen LogP) is 3.26. The second-order valence-corrected chi connectivity index (χ2v) is 4.82. The standard InChI is InChI=1S/C15H12F3N3O2/c1-9-12(14(22)21(2)7-6-19)20-13(23-9)10-4-3-5-11(8-10)15(16,17)18/h3-5,8H,7H2,1-2H3. The van der Waals surface area contributed by atoms with E-state index < -0.39 is 17.6 Å². The highest BCUT2D eigenvalue weighted by Gasteiger charge is 2.31. The Morgan fingerprint density at radius 2 is 2.13 bits per heavy atom. The van der Waals surface area contributed by atoms with E-state index in [-0.39, 0.29) is 29.5 Å². The van der Waals surface area contributed by atoms with Crippen LogP contribution in [0.3, 0.4) is 0 Å². The van der Waals surface area contributed by atoms with E-state index in [1.54, 1.807) is 0 Å². The predicted molar refractivity (Wildman–Crippen MR) is 74.3 cm³/mol. The van der Waals surface area contributed by atoms with Crippen molar-refractivity contribution in [1.82, 2.24) is 9.88 Å². The molecule has 0 saturated heterocycles. The van der Waals surface area contributed by atoms with Crippen molar-refractivity contribution in [2.24, 2.45) is 0 Å². The van der Waals surface area contributed by atoms with Crippen LogP contribution in [0.15, 0.2) is 28.7 Å². The van der Waals surface area contributed by atoms with E-state index in [4.69, 9.17) is 9.68 Å². The van der Waals surface area contributed by atoms with Crippen molar-refractivity contribution in [3.8, 4) is 17.5 Å². The van der Waals surface area contributed by atoms with Gasteiger partial charge in [0, 0.05) is 12.6 Å². The van der Waals surface area contributed by atoms with Gasteiger partial charge in [0.25, 0.3) is 5.91 Å². The van der Waals surface area contributed by atoms with Gasteiger partial charge in [-0.25, -0.2) is 4.98 Å². The second kappa shape index (κ2) is 6.12. The van der Waals surface area contributed by atoms with E-state index in [0.29, 0.717) is 0 Å². The fraction of sp³-hybridized carbons (Fsp3) is 0.267. The minimum atomic E-state index is -4.48. The van der Waals surface area contributed by atoms with Gasteiger partial charge >= 0.3 is 6.18 Å². The first kappa shape index (κ1) is 16.5. The molecule has 0 aliphatic carbocycles. The Kier molecular flexibility index (Phi) is 4.40. The summed E-state index contributed by atoms with van der Waals surface area (Å²) in [7, 11) is 1.42. The third kappa shape index (κ3) is 3.51. The molecule has 0 aliphatic rings. The summed E-state index contributed by atoms with van der Waals surface area (Å²) in [5.41, 5.74) is -0.750. The Morgan fingerprint density at radius 3 is 2.74 bits per heavy atom. The quantitative estimate of drug-likeness (QED) is 0.813. The zero-order valence-corrected chi connectivity index (χ0v) is 12.3. The monoisotopic (exact) mass is 323 g/mol. The van der Waals surface area contributed by atoms with Gasteiger partial charge in [-0.2, -0.15) is 18.4 Å². The van der Waals surface area contributed by atoms with E-state index in [0.717, 1.165) is 17.0 Å². The van der Waals surface area contributed by atoms with E-state index in [1.165, 1.54) is 26.1 Å². The molecule has 0 N–H and O–H groups in total. The van der Waals surface area contributed by atoms with Crippen LogP contribution in [0.4, 0.5) is 13.2 Å². The normalized spacial score (nSPS) is 11.1. The van der Waals surface area contributed by atoms with Crippen LogP contribution in [-0.2, 0) is 6.18 Å². The number of hydrogen-bond acceptors (Lipinski definition) is 4. The van der Waals surface area contributed by atoms with Crippen LogP contribution in [-0.4, -0.2) is 29.4 Å². The Hall–Kier alpha value is -2.82. The van der Waals surface area contributed by atoms with Crippen molar-refractivity contribution in [3.05, 3.63) is 41.3 Å². The number of carbonyl (C=O) groups excluding carboxylic acids is 1. The summed E-state index contributed by atoms with van der Waals surface area (Å²) >= 11 is 0. The first-order chi connectivity index (χ1) is 10.7. The lowest BCUT2D eigenvalue weighted by Gasteiger charge is -2.10.